The second-order valence-corrected chi connectivity index (χ2v) is 9.12. The Morgan fingerprint density at radius 2 is 1.66 bits per heavy atom. The smallest absolute Gasteiger partial charge is 0.162 e. The van der Waals surface area contributed by atoms with Crippen LogP contribution >= 0.6 is 11.8 Å². The normalized spacial score (nSPS) is 17.1. The summed E-state index contributed by atoms with van der Waals surface area (Å²) >= 11 is 1.81. The lowest BCUT2D eigenvalue weighted by Crippen LogP contribution is -2.44. The van der Waals surface area contributed by atoms with Crippen molar-refractivity contribution in [3.8, 4) is 0 Å². The number of anilines is 2. The lowest BCUT2D eigenvalue weighted by atomic mass is 10.1. The van der Waals surface area contributed by atoms with Crippen molar-refractivity contribution >= 4 is 28.9 Å². The molecule has 0 spiro atoms. The van der Waals surface area contributed by atoms with Crippen LogP contribution in [0.3, 0.4) is 0 Å². The Balaban J connectivity index is 1.47. The quantitative estimate of drug-likeness (QED) is 0.478. The molecule has 4 rings (SSSR count). The molecule has 0 bridgehead atoms. The summed E-state index contributed by atoms with van der Waals surface area (Å²) < 4.78 is 0. The molecule has 0 aliphatic carbocycles. The van der Waals surface area contributed by atoms with Gasteiger partial charge in [0.1, 0.15) is 0 Å². The molecular formula is C24H31N3OS. The van der Waals surface area contributed by atoms with Crippen LogP contribution in [0.2, 0.25) is 0 Å². The number of rotatable bonds is 7. The Bertz CT molecular complexity index is 861. The van der Waals surface area contributed by atoms with Gasteiger partial charge in [0.05, 0.1) is 11.4 Å². The van der Waals surface area contributed by atoms with Crippen molar-refractivity contribution in [1.82, 2.24) is 9.80 Å². The molecule has 5 heteroatoms. The molecule has 0 amide bonds. The first-order chi connectivity index (χ1) is 14.2. The molecule has 2 aliphatic rings. The highest BCUT2D eigenvalue weighted by atomic mass is 32.2. The summed E-state index contributed by atoms with van der Waals surface area (Å²) in [6, 6.07) is 14.8. The Morgan fingerprint density at radius 1 is 0.931 bits per heavy atom. The first-order valence-corrected chi connectivity index (χ1v) is 11.6. The Kier molecular flexibility index (Phi) is 6.58. The molecular weight excluding hydrogens is 378 g/mol. The first kappa shape index (κ1) is 20.5. The topological polar surface area (TPSA) is 26.8 Å². The van der Waals surface area contributed by atoms with Gasteiger partial charge in [0, 0.05) is 54.5 Å². The number of carbonyl (C=O) groups is 1. The van der Waals surface area contributed by atoms with E-state index in [4.69, 9.17) is 0 Å². The first-order valence-electron chi connectivity index (χ1n) is 10.8. The number of hydrogen-bond donors (Lipinski definition) is 0. The van der Waals surface area contributed by atoms with Crippen molar-refractivity contribution in [2.45, 2.75) is 36.0 Å². The predicted octanol–water partition coefficient (Wildman–Crippen LogP) is 4.91. The number of piperazine rings is 1. The SMILES string of the molecule is CCC(=O)c1ccc2c(c1)N(CCCCN1CCN(C)CC1)c1ccccc1S2. The summed E-state index contributed by atoms with van der Waals surface area (Å²) in [4.78, 5) is 22.2. The number of Topliss-reactive ketones (excluding diaryl/α,β-unsaturated/α-hetero) is 1. The molecule has 2 aliphatic heterocycles. The Labute approximate surface area is 178 Å². The van der Waals surface area contributed by atoms with Gasteiger partial charge in [-0.2, -0.15) is 0 Å². The lowest BCUT2D eigenvalue weighted by Gasteiger charge is -2.34. The van der Waals surface area contributed by atoms with Crippen LogP contribution in [0.15, 0.2) is 52.3 Å². The second kappa shape index (κ2) is 9.33. The predicted molar refractivity (Wildman–Crippen MR) is 122 cm³/mol. The van der Waals surface area contributed by atoms with Crippen molar-refractivity contribution in [1.29, 1.82) is 0 Å². The molecule has 2 aromatic rings. The van der Waals surface area contributed by atoms with Crippen LogP contribution in [-0.4, -0.2) is 61.9 Å². The van der Waals surface area contributed by atoms with Gasteiger partial charge in [-0.25, -0.2) is 0 Å². The molecule has 2 aromatic carbocycles. The number of carbonyl (C=O) groups excluding carboxylic acids is 1. The van der Waals surface area contributed by atoms with Crippen molar-refractivity contribution in [2.24, 2.45) is 0 Å². The largest absolute Gasteiger partial charge is 0.340 e. The van der Waals surface area contributed by atoms with Gasteiger partial charge < -0.3 is 14.7 Å². The summed E-state index contributed by atoms with van der Waals surface area (Å²) in [6.07, 6.45) is 2.91. The highest BCUT2D eigenvalue weighted by Crippen LogP contribution is 2.48. The van der Waals surface area contributed by atoms with Gasteiger partial charge in [0.25, 0.3) is 0 Å². The summed E-state index contributed by atoms with van der Waals surface area (Å²) in [5.41, 5.74) is 3.28. The summed E-state index contributed by atoms with van der Waals surface area (Å²) in [7, 11) is 2.21. The number of hydrogen-bond acceptors (Lipinski definition) is 5. The molecule has 154 valence electrons. The molecule has 0 aromatic heterocycles. The van der Waals surface area contributed by atoms with E-state index in [-0.39, 0.29) is 5.78 Å². The molecule has 0 saturated carbocycles. The minimum Gasteiger partial charge on any atom is -0.340 e. The standard InChI is InChI=1S/C24H31N3OS/c1-3-22(28)19-10-11-24-21(18-19)27(20-8-4-5-9-23(20)29-24)13-7-6-12-26-16-14-25(2)15-17-26/h4-5,8-11,18H,3,6-7,12-17H2,1-2H3. The molecule has 1 saturated heterocycles. The van der Waals surface area contributed by atoms with Crippen molar-refractivity contribution in [3.05, 3.63) is 48.0 Å². The number of fused-ring (bicyclic) bond motifs is 2. The highest BCUT2D eigenvalue weighted by molar-refractivity contribution is 7.99. The van der Waals surface area contributed by atoms with Crippen molar-refractivity contribution < 1.29 is 4.79 Å². The molecule has 0 radical (unpaired) electrons. The van der Waals surface area contributed by atoms with Gasteiger partial charge in [0.15, 0.2) is 5.78 Å². The van der Waals surface area contributed by atoms with Gasteiger partial charge in [-0.3, -0.25) is 4.79 Å². The molecule has 0 unspecified atom stereocenters. The third-order valence-electron chi connectivity index (χ3n) is 5.97. The maximum Gasteiger partial charge on any atom is 0.162 e. The number of ketones is 1. The fraction of sp³-hybridized carbons (Fsp3) is 0.458. The van der Waals surface area contributed by atoms with E-state index in [1.165, 1.54) is 60.3 Å². The van der Waals surface area contributed by atoms with Crippen LogP contribution in [-0.2, 0) is 0 Å². The maximum absolute atomic E-state index is 12.3. The maximum atomic E-state index is 12.3. The highest BCUT2D eigenvalue weighted by Gasteiger charge is 2.24. The fourth-order valence-electron chi connectivity index (χ4n) is 4.12. The number of para-hydroxylation sites is 1. The van der Waals surface area contributed by atoms with E-state index in [0.29, 0.717) is 6.42 Å². The number of likely N-dealkylation sites (N-methyl/N-ethyl adjacent to an activating group) is 1. The van der Waals surface area contributed by atoms with E-state index in [1.807, 2.05) is 24.8 Å². The van der Waals surface area contributed by atoms with E-state index in [9.17, 15) is 4.79 Å². The average Bonchev–Trinajstić information content (AvgIpc) is 2.76. The van der Waals surface area contributed by atoms with Crippen LogP contribution in [0, 0.1) is 0 Å². The molecule has 0 N–H and O–H groups in total. The third kappa shape index (κ3) is 4.68. The third-order valence-corrected chi connectivity index (χ3v) is 7.10. The number of nitrogens with zero attached hydrogens (tertiary/aromatic N) is 3. The van der Waals surface area contributed by atoms with E-state index in [0.717, 1.165) is 18.5 Å². The monoisotopic (exact) mass is 409 g/mol. The molecule has 1 fully saturated rings. The second-order valence-electron chi connectivity index (χ2n) is 8.03. The van der Waals surface area contributed by atoms with E-state index in [1.54, 1.807) is 0 Å². The molecule has 4 nitrogen and oxygen atoms in total. The minimum absolute atomic E-state index is 0.215. The number of unbranched alkanes of at least 4 members (excludes halogenated alkanes) is 1. The minimum atomic E-state index is 0.215. The van der Waals surface area contributed by atoms with Gasteiger partial charge in [-0.05, 0) is 50.7 Å². The van der Waals surface area contributed by atoms with Crippen LogP contribution < -0.4 is 4.90 Å². The fourth-order valence-corrected chi connectivity index (χ4v) is 5.20. The number of benzene rings is 2. The summed E-state index contributed by atoms with van der Waals surface area (Å²) in [5, 5.41) is 0. The Hall–Kier alpha value is -1.82. The van der Waals surface area contributed by atoms with Crippen molar-refractivity contribution in [3.63, 3.8) is 0 Å². The van der Waals surface area contributed by atoms with E-state index < -0.39 is 0 Å². The lowest BCUT2D eigenvalue weighted by molar-refractivity contribution is 0.0988. The van der Waals surface area contributed by atoms with Gasteiger partial charge in [-0.15, -0.1) is 0 Å². The molecule has 0 atom stereocenters. The molecule has 29 heavy (non-hydrogen) atoms. The Morgan fingerprint density at radius 3 is 2.45 bits per heavy atom. The van der Waals surface area contributed by atoms with Crippen LogP contribution in [0.1, 0.15) is 36.5 Å². The van der Waals surface area contributed by atoms with Gasteiger partial charge in [0.2, 0.25) is 0 Å². The summed E-state index contributed by atoms with van der Waals surface area (Å²) in [5.74, 6) is 0.215. The van der Waals surface area contributed by atoms with Crippen LogP contribution in [0.4, 0.5) is 11.4 Å². The van der Waals surface area contributed by atoms with Crippen LogP contribution in [0.25, 0.3) is 0 Å². The summed E-state index contributed by atoms with van der Waals surface area (Å²) in [6.45, 7) is 8.83. The van der Waals surface area contributed by atoms with Gasteiger partial charge in [-0.1, -0.05) is 36.9 Å². The van der Waals surface area contributed by atoms with E-state index >= 15 is 0 Å². The zero-order valence-electron chi connectivity index (χ0n) is 17.6. The van der Waals surface area contributed by atoms with Crippen LogP contribution in [0.5, 0.6) is 0 Å². The average molecular weight is 410 g/mol. The zero-order valence-corrected chi connectivity index (χ0v) is 18.4. The van der Waals surface area contributed by atoms with Crippen molar-refractivity contribution in [2.75, 3.05) is 51.2 Å². The van der Waals surface area contributed by atoms with Gasteiger partial charge >= 0.3 is 0 Å². The van der Waals surface area contributed by atoms with E-state index in [2.05, 4.69) is 58.1 Å². The zero-order chi connectivity index (χ0) is 20.2. The molecule has 2 heterocycles.